The van der Waals surface area contributed by atoms with Gasteiger partial charge in [-0.25, -0.2) is 4.79 Å². The first kappa shape index (κ1) is 22.7. The van der Waals surface area contributed by atoms with Gasteiger partial charge in [-0.15, -0.1) is 12.4 Å². The number of halogens is 1. The fourth-order valence-electron chi connectivity index (χ4n) is 3.65. The molecule has 146 valence electrons. The van der Waals surface area contributed by atoms with E-state index >= 15 is 0 Å². The standard InChI is InChI=1S/C20H23NO2.CH2O2.ClH/c1-21-19(14-6-4-3-5-7-14)17-10-8-16-13-18(20(22)23-2)11-9-15(16)12-17;2-1-3;/h3-7,9,11,13,17,19,21H,8,10,12H2,1-2H3;1H,(H,2,3);1H. The molecule has 0 aliphatic heterocycles. The van der Waals surface area contributed by atoms with Crippen LogP contribution in [-0.4, -0.2) is 31.7 Å². The Balaban J connectivity index is 0.000000855. The van der Waals surface area contributed by atoms with Gasteiger partial charge in [0.15, 0.2) is 0 Å². The number of ether oxygens (including phenoxy) is 1. The SMILES string of the molecule is CNC(c1ccccc1)C1CCc2cc(C(=O)OC)ccc2C1.Cl.O=CO. The number of carboxylic acid groups (broad SMARTS) is 1. The molecule has 0 spiro atoms. The number of nitrogens with one attached hydrogen (secondary N) is 1. The summed E-state index contributed by atoms with van der Waals surface area (Å²) in [4.78, 5) is 20.0. The number of methoxy groups -OCH3 is 1. The quantitative estimate of drug-likeness (QED) is 0.614. The zero-order chi connectivity index (χ0) is 18.9. The molecule has 2 aromatic rings. The Morgan fingerprint density at radius 2 is 1.89 bits per heavy atom. The van der Waals surface area contributed by atoms with Crippen LogP contribution in [0.15, 0.2) is 48.5 Å². The predicted molar refractivity (Wildman–Crippen MR) is 107 cm³/mol. The average molecular weight is 392 g/mol. The summed E-state index contributed by atoms with van der Waals surface area (Å²) in [5, 5.41) is 10.4. The number of carbonyl (C=O) groups excluding carboxylic acids is 1. The van der Waals surface area contributed by atoms with Gasteiger partial charge in [-0.1, -0.05) is 36.4 Å². The average Bonchev–Trinajstić information content (AvgIpc) is 2.69. The van der Waals surface area contributed by atoms with Crippen LogP contribution in [0.3, 0.4) is 0 Å². The Morgan fingerprint density at radius 1 is 1.22 bits per heavy atom. The van der Waals surface area contributed by atoms with Crippen LogP contribution in [-0.2, 0) is 22.4 Å². The lowest BCUT2D eigenvalue weighted by molar-refractivity contribution is -0.122. The van der Waals surface area contributed by atoms with Gasteiger partial charge in [-0.3, -0.25) is 4.79 Å². The van der Waals surface area contributed by atoms with E-state index in [1.165, 1.54) is 23.8 Å². The number of hydrogen-bond acceptors (Lipinski definition) is 4. The molecule has 2 unspecified atom stereocenters. The monoisotopic (exact) mass is 391 g/mol. The highest BCUT2D eigenvalue weighted by Crippen LogP contribution is 2.34. The molecule has 0 amide bonds. The second-order valence-corrected chi connectivity index (χ2v) is 6.26. The van der Waals surface area contributed by atoms with Gasteiger partial charge in [0.25, 0.3) is 6.47 Å². The highest BCUT2D eigenvalue weighted by molar-refractivity contribution is 5.89. The molecule has 27 heavy (non-hydrogen) atoms. The van der Waals surface area contributed by atoms with Crippen molar-refractivity contribution in [1.82, 2.24) is 5.32 Å². The Labute approximate surface area is 166 Å². The molecule has 2 aromatic carbocycles. The summed E-state index contributed by atoms with van der Waals surface area (Å²) >= 11 is 0. The van der Waals surface area contributed by atoms with Crippen molar-refractivity contribution in [2.75, 3.05) is 14.2 Å². The summed E-state index contributed by atoms with van der Waals surface area (Å²) in [5.41, 5.74) is 4.63. The van der Waals surface area contributed by atoms with Crippen molar-refractivity contribution in [3.63, 3.8) is 0 Å². The molecule has 2 atom stereocenters. The zero-order valence-corrected chi connectivity index (χ0v) is 16.4. The van der Waals surface area contributed by atoms with Crippen molar-refractivity contribution in [2.45, 2.75) is 25.3 Å². The summed E-state index contributed by atoms with van der Waals surface area (Å²) in [6, 6.07) is 17.0. The van der Waals surface area contributed by atoms with Crippen LogP contribution in [0.1, 0.15) is 39.5 Å². The minimum Gasteiger partial charge on any atom is -0.483 e. The molecule has 2 N–H and O–H groups in total. The van der Waals surface area contributed by atoms with E-state index in [1.54, 1.807) is 0 Å². The van der Waals surface area contributed by atoms with Crippen LogP contribution in [0.4, 0.5) is 0 Å². The second-order valence-electron chi connectivity index (χ2n) is 6.26. The molecule has 0 aromatic heterocycles. The van der Waals surface area contributed by atoms with Crippen molar-refractivity contribution in [1.29, 1.82) is 0 Å². The molecule has 0 bridgehead atoms. The van der Waals surface area contributed by atoms with Crippen LogP contribution >= 0.6 is 12.4 Å². The molecule has 5 nitrogen and oxygen atoms in total. The fourth-order valence-corrected chi connectivity index (χ4v) is 3.65. The zero-order valence-electron chi connectivity index (χ0n) is 15.6. The van der Waals surface area contributed by atoms with Gasteiger partial charge in [-0.2, -0.15) is 0 Å². The van der Waals surface area contributed by atoms with Crippen LogP contribution in [0, 0.1) is 5.92 Å². The summed E-state index contributed by atoms with van der Waals surface area (Å²) in [6.07, 6.45) is 3.17. The van der Waals surface area contributed by atoms with Gasteiger partial charge in [0.05, 0.1) is 12.7 Å². The summed E-state index contributed by atoms with van der Waals surface area (Å²) in [6.45, 7) is -0.250. The summed E-state index contributed by atoms with van der Waals surface area (Å²) < 4.78 is 4.81. The third-order valence-electron chi connectivity index (χ3n) is 4.84. The highest BCUT2D eigenvalue weighted by Gasteiger charge is 2.26. The largest absolute Gasteiger partial charge is 0.483 e. The first-order valence-electron chi connectivity index (χ1n) is 8.64. The van der Waals surface area contributed by atoms with Crippen LogP contribution in [0.2, 0.25) is 0 Å². The van der Waals surface area contributed by atoms with Crippen LogP contribution in [0.25, 0.3) is 0 Å². The molecule has 0 fully saturated rings. The van der Waals surface area contributed by atoms with Crippen molar-refractivity contribution >= 4 is 24.8 Å². The number of rotatable bonds is 4. The lowest BCUT2D eigenvalue weighted by Gasteiger charge is -2.32. The van der Waals surface area contributed by atoms with E-state index < -0.39 is 0 Å². The van der Waals surface area contributed by atoms with Gasteiger partial charge in [0.2, 0.25) is 0 Å². The lowest BCUT2D eigenvalue weighted by atomic mass is 9.77. The maximum atomic E-state index is 11.7. The number of esters is 1. The van der Waals surface area contributed by atoms with Gasteiger partial charge in [0.1, 0.15) is 0 Å². The molecular weight excluding hydrogens is 366 g/mol. The third kappa shape index (κ3) is 5.81. The fraction of sp³-hybridized carbons (Fsp3) is 0.333. The Hall–Kier alpha value is -2.37. The lowest BCUT2D eigenvalue weighted by Crippen LogP contribution is -2.29. The topological polar surface area (TPSA) is 75.6 Å². The van der Waals surface area contributed by atoms with Gasteiger partial charge in [-0.05, 0) is 61.1 Å². The van der Waals surface area contributed by atoms with E-state index in [-0.39, 0.29) is 24.8 Å². The second kappa shape index (κ2) is 11.4. The summed E-state index contributed by atoms with van der Waals surface area (Å²) in [5.74, 6) is 0.311. The molecule has 0 saturated carbocycles. The van der Waals surface area contributed by atoms with Crippen molar-refractivity contribution in [3.8, 4) is 0 Å². The Bertz CT molecular complexity index is 736. The molecule has 0 radical (unpaired) electrons. The molecule has 1 aliphatic rings. The Kier molecular flexibility index (Phi) is 9.54. The van der Waals surface area contributed by atoms with E-state index in [9.17, 15) is 4.79 Å². The van der Waals surface area contributed by atoms with E-state index in [0.29, 0.717) is 17.5 Å². The minimum absolute atomic E-state index is 0. The van der Waals surface area contributed by atoms with Gasteiger partial charge < -0.3 is 15.2 Å². The predicted octanol–water partition coefficient (Wildman–Crippen LogP) is 3.66. The van der Waals surface area contributed by atoms with Crippen LogP contribution in [0.5, 0.6) is 0 Å². The number of aryl methyl sites for hydroxylation is 1. The smallest absolute Gasteiger partial charge is 0.337 e. The minimum atomic E-state index is -0.257. The highest BCUT2D eigenvalue weighted by atomic mass is 35.5. The van der Waals surface area contributed by atoms with Gasteiger partial charge >= 0.3 is 5.97 Å². The normalized spacial score (nSPS) is 15.9. The van der Waals surface area contributed by atoms with E-state index in [2.05, 4.69) is 41.7 Å². The number of hydrogen-bond donors (Lipinski definition) is 2. The van der Waals surface area contributed by atoms with Crippen molar-refractivity contribution in [3.05, 3.63) is 70.8 Å². The van der Waals surface area contributed by atoms with E-state index in [4.69, 9.17) is 14.6 Å². The third-order valence-corrected chi connectivity index (χ3v) is 4.84. The first-order valence-corrected chi connectivity index (χ1v) is 8.64. The summed E-state index contributed by atoms with van der Waals surface area (Å²) in [7, 11) is 3.46. The molecule has 0 heterocycles. The van der Waals surface area contributed by atoms with E-state index in [0.717, 1.165) is 19.3 Å². The Morgan fingerprint density at radius 3 is 2.48 bits per heavy atom. The van der Waals surface area contributed by atoms with E-state index in [1.807, 2.05) is 19.2 Å². The molecule has 3 rings (SSSR count). The maximum Gasteiger partial charge on any atom is 0.337 e. The van der Waals surface area contributed by atoms with Gasteiger partial charge in [0, 0.05) is 6.04 Å². The molecule has 1 aliphatic carbocycles. The number of fused-ring (bicyclic) bond motifs is 1. The van der Waals surface area contributed by atoms with Crippen molar-refractivity contribution < 1.29 is 19.4 Å². The molecule has 0 saturated heterocycles. The number of carbonyl (C=O) groups is 2. The molecular formula is C21H26ClNO4. The first-order chi connectivity index (χ1) is 12.6. The van der Waals surface area contributed by atoms with Crippen LogP contribution < -0.4 is 5.32 Å². The number of benzene rings is 2. The van der Waals surface area contributed by atoms with Crippen molar-refractivity contribution in [2.24, 2.45) is 5.92 Å². The maximum absolute atomic E-state index is 11.7. The molecule has 6 heteroatoms.